The molecule has 0 amide bonds. The highest BCUT2D eigenvalue weighted by molar-refractivity contribution is 6.19. The Balaban J connectivity index is 1.09. The Kier molecular flexibility index (Phi) is 6.84. The van der Waals surface area contributed by atoms with Crippen molar-refractivity contribution in [2.75, 3.05) is 4.90 Å². The molecule has 9 rings (SSSR count). The minimum atomic E-state index is 0.925. The molecule has 0 radical (unpaired) electrons. The summed E-state index contributed by atoms with van der Waals surface area (Å²) in [6, 6.07) is 66.9. The van der Waals surface area contributed by atoms with Crippen LogP contribution in [0.3, 0.4) is 0 Å². The van der Waals surface area contributed by atoms with Crippen LogP contribution in [0.4, 0.5) is 17.1 Å². The van der Waals surface area contributed by atoms with E-state index < -0.39 is 0 Å². The fourth-order valence-corrected chi connectivity index (χ4v) is 6.85. The maximum absolute atomic E-state index is 6.14. The number of fused-ring (bicyclic) bond motifs is 5. The molecule has 2 nitrogen and oxygen atoms in total. The van der Waals surface area contributed by atoms with E-state index in [2.05, 4.69) is 181 Å². The second kappa shape index (κ2) is 11.8. The minimum absolute atomic E-state index is 0.925. The lowest BCUT2D eigenvalue weighted by Crippen LogP contribution is -2.09. The van der Waals surface area contributed by atoms with Gasteiger partial charge in [-0.15, -0.1) is 0 Å². The highest BCUT2D eigenvalue weighted by atomic mass is 16.3. The first-order valence-corrected chi connectivity index (χ1v) is 16.3. The Morgan fingerprint density at radius 1 is 0.312 bits per heavy atom. The van der Waals surface area contributed by atoms with Crippen LogP contribution in [0, 0.1) is 0 Å². The lowest BCUT2D eigenvalue weighted by molar-refractivity contribution is 0.669. The van der Waals surface area contributed by atoms with Crippen molar-refractivity contribution in [3.8, 4) is 33.4 Å². The van der Waals surface area contributed by atoms with E-state index in [0.29, 0.717) is 0 Å². The molecule has 0 aliphatic heterocycles. The zero-order valence-corrected chi connectivity index (χ0v) is 26.3. The van der Waals surface area contributed by atoms with Gasteiger partial charge in [-0.2, -0.15) is 0 Å². The Hall–Kier alpha value is -6.38. The van der Waals surface area contributed by atoms with Crippen LogP contribution in [0.2, 0.25) is 0 Å². The number of furan rings is 1. The molecule has 0 aliphatic rings. The van der Waals surface area contributed by atoms with E-state index in [-0.39, 0.29) is 0 Å². The van der Waals surface area contributed by atoms with Gasteiger partial charge in [-0.1, -0.05) is 133 Å². The number of benzene rings is 8. The molecule has 0 unspecified atom stereocenters. The topological polar surface area (TPSA) is 16.4 Å². The van der Waals surface area contributed by atoms with Crippen LogP contribution >= 0.6 is 0 Å². The number of hydrogen-bond donors (Lipinski definition) is 0. The molecule has 9 aromatic rings. The second-order valence-corrected chi connectivity index (χ2v) is 12.2. The third kappa shape index (κ3) is 5.01. The van der Waals surface area contributed by atoms with Crippen molar-refractivity contribution in [3.05, 3.63) is 188 Å². The van der Waals surface area contributed by atoms with E-state index in [1.165, 1.54) is 49.5 Å². The maximum atomic E-state index is 6.14. The third-order valence-electron chi connectivity index (χ3n) is 9.28. The summed E-state index contributed by atoms with van der Waals surface area (Å²) in [6.07, 6.45) is 0. The minimum Gasteiger partial charge on any atom is -0.456 e. The van der Waals surface area contributed by atoms with Crippen molar-refractivity contribution in [2.24, 2.45) is 0 Å². The molecular formula is C46H31NO. The Morgan fingerprint density at radius 3 is 1.33 bits per heavy atom. The van der Waals surface area contributed by atoms with Gasteiger partial charge in [0.1, 0.15) is 11.2 Å². The van der Waals surface area contributed by atoms with Gasteiger partial charge in [0.2, 0.25) is 0 Å². The zero-order valence-electron chi connectivity index (χ0n) is 26.3. The summed E-state index contributed by atoms with van der Waals surface area (Å²) < 4.78 is 6.14. The third-order valence-corrected chi connectivity index (χ3v) is 9.28. The van der Waals surface area contributed by atoms with Crippen LogP contribution in [0.15, 0.2) is 192 Å². The van der Waals surface area contributed by atoms with Gasteiger partial charge in [-0.05, 0) is 98.8 Å². The molecule has 0 N–H and O–H groups in total. The Morgan fingerprint density at radius 2 is 0.771 bits per heavy atom. The average molecular weight is 614 g/mol. The summed E-state index contributed by atoms with van der Waals surface area (Å²) >= 11 is 0. The first-order chi connectivity index (χ1) is 23.8. The highest BCUT2D eigenvalue weighted by Crippen LogP contribution is 2.39. The van der Waals surface area contributed by atoms with Gasteiger partial charge in [0, 0.05) is 27.8 Å². The molecule has 8 aromatic carbocycles. The average Bonchev–Trinajstić information content (AvgIpc) is 3.56. The molecule has 0 saturated heterocycles. The first-order valence-electron chi connectivity index (χ1n) is 16.3. The molecule has 0 spiro atoms. The molecule has 2 heteroatoms. The SMILES string of the molecule is c1ccc(-c2ccc(N(c3ccc(-c4ccccc4)cc3)c3ccc(-c4ccc5c(ccc6oc7ccccc7c65)c4)cc3)cc2)cc1. The second-order valence-electron chi connectivity index (χ2n) is 12.2. The van der Waals surface area contributed by atoms with E-state index >= 15 is 0 Å². The maximum Gasteiger partial charge on any atom is 0.136 e. The molecule has 0 bridgehead atoms. The summed E-state index contributed by atoms with van der Waals surface area (Å²) in [5.41, 5.74) is 12.4. The lowest BCUT2D eigenvalue weighted by Gasteiger charge is -2.26. The fourth-order valence-electron chi connectivity index (χ4n) is 6.85. The molecule has 226 valence electrons. The fraction of sp³-hybridized carbons (Fsp3) is 0. The van der Waals surface area contributed by atoms with Gasteiger partial charge in [0.25, 0.3) is 0 Å². The van der Waals surface area contributed by atoms with Crippen molar-refractivity contribution < 1.29 is 4.42 Å². The summed E-state index contributed by atoms with van der Waals surface area (Å²) in [5, 5.41) is 4.75. The van der Waals surface area contributed by atoms with E-state index in [1.807, 2.05) is 12.1 Å². The van der Waals surface area contributed by atoms with Crippen molar-refractivity contribution >= 4 is 49.8 Å². The van der Waals surface area contributed by atoms with Crippen LogP contribution in [-0.2, 0) is 0 Å². The van der Waals surface area contributed by atoms with Crippen molar-refractivity contribution in [2.45, 2.75) is 0 Å². The monoisotopic (exact) mass is 613 g/mol. The smallest absolute Gasteiger partial charge is 0.136 e. The quantitative estimate of drug-likeness (QED) is 0.185. The number of hydrogen-bond acceptors (Lipinski definition) is 2. The largest absolute Gasteiger partial charge is 0.456 e. The van der Waals surface area contributed by atoms with E-state index in [1.54, 1.807) is 0 Å². The molecule has 1 aromatic heterocycles. The normalized spacial score (nSPS) is 11.3. The number of nitrogens with zero attached hydrogens (tertiary/aromatic N) is 1. The van der Waals surface area contributed by atoms with Gasteiger partial charge in [-0.3, -0.25) is 0 Å². The Labute approximate surface area is 279 Å². The van der Waals surface area contributed by atoms with Gasteiger partial charge < -0.3 is 9.32 Å². The van der Waals surface area contributed by atoms with Crippen LogP contribution in [0.5, 0.6) is 0 Å². The van der Waals surface area contributed by atoms with Crippen LogP contribution in [-0.4, -0.2) is 0 Å². The van der Waals surface area contributed by atoms with Crippen molar-refractivity contribution in [1.29, 1.82) is 0 Å². The van der Waals surface area contributed by atoms with Gasteiger partial charge >= 0.3 is 0 Å². The van der Waals surface area contributed by atoms with Crippen LogP contribution in [0.25, 0.3) is 66.1 Å². The summed E-state index contributed by atoms with van der Waals surface area (Å²) in [7, 11) is 0. The predicted octanol–water partition coefficient (Wildman–Crippen LogP) is 13.2. The van der Waals surface area contributed by atoms with Crippen molar-refractivity contribution in [3.63, 3.8) is 0 Å². The number of anilines is 3. The van der Waals surface area contributed by atoms with Crippen LogP contribution < -0.4 is 4.90 Å². The first kappa shape index (κ1) is 27.9. The predicted molar refractivity (Wildman–Crippen MR) is 202 cm³/mol. The number of para-hydroxylation sites is 1. The Bertz CT molecular complexity index is 2430. The van der Waals surface area contributed by atoms with Gasteiger partial charge in [-0.25, -0.2) is 0 Å². The summed E-state index contributed by atoms with van der Waals surface area (Å²) in [6.45, 7) is 0. The number of rotatable bonds is 6. The zero-order chi connectivity index (χ0) is 31.9. The summed E-state index contributed by atoms with van der Waals surface area (Å²) in [4.78, 5) is 2.33. The molecule has 0 atom stereocenters. The highest BCUT2D eigenvalue weighted by Gasteiger charge is 2.15. The molecule has 0 fully saturated rings. The molecule has 0 aliphatic carbocycles. The molecule has 48 heavy (non-hydrogen) atoms. The lowest BCUT2D eigenvalue weighted by atomic mass is 9.98. The van der Waals surface area contributed by atoms with Crippen LogP contribution in [0.1, 0.15) is 0 Å². The summed E-state index contributed by atoms with van der Waals surface area (Å²) in [5.74, 6) is 0. The van der Waals surface area contributed by atoms with E-state index in [9.17, 15) is 0 Å². The van der Waals surface area contributed by atoms with Gasteiger partial charge in [0.15, 0.2) is 0 Å². The van der Waals surface area contributed by atoms with Gasteiger partial charge in [0.05, 0.1) is 0 Å². The van der Waals surface area contributed by atoms with E-state index in [4.69, 9.17) is 4.42 Å². The molecular weight excluding hydrogens is 583 g/mol. The standard InChI is InChI=1S/C46H31NO/c1-3-9-32(10-4-1)34-15-23-39(24-16-34)47(40-25-17-35(18-26-40)33-11-5-2-6-12-33)41-27-19-36(20-28-41)37-21-29-42-38(31-37)22-30-45-46(42)43-13-7-8-14-44(43)48-45/h1-31H. The van der Waals surface area contributed by atoms with Crippen molar-refractivity contribution in [1.82, 2.24) is 0 Å². The van der Waals surface area contributed by atoms with E-state index in [0.717, 1.165) is 33.6 Å². The molecule has 1 heterocycles. The molecule has 0 saturated carbocycles.